The largest absolute Gasteiger partial charge is 0.373 e. The molecule has 2 aliphatic rings. The Labute approximate surface area is 107 Å². The van der Waals surface area contributed by atoms with Crippen molar-refractivity contribution in [3.63, 3.8) is 0 Å². The Balaban J connectivity index is 0.000000963. The molecule has 0 saturated carbocycles. The smallest absolute Gasteiger partial charge is 0.0813 e. The monoisotopic (exact) mass is 259 g/mol. The number of hydrogen-bond donors (Lipinski definition) is 1. The molecule has 3 rings (SSSR count). The molecule has 0 unspecified atom stereocenters. The summed E-state index contributed by atoms with van der Waals surface area (Å²) in [5.41, 5.74) is 0. The van der Waals surface area contributed by atoms with Gasteiger partial charge in [0.25, 0.3) is 0 Å². The molecule has 16 heavy (non-hydrogen) atoms. The van der Waals surface area contributed by atoms with Crippen molar-refractivity contribution in [3.05, 3.63) is 22.4 Å². The summed E-state index contributed by atoms with van der Waals surface area (Å²) in [5, 5.41) is 5.75. The first-order chi connectivity index (χ1) is 7.40. The molecule has 2 bridgehead atoms. The number of thiophene rings is 1. The van der Waals surface area contributed by atoms with Gasteiger partial charge in [-0.05, 0) is 37.1 Å². The normalized spacial score (nSPS) is 32.4. The molecule has 0 amide bonds. The third kappa shape index (κ3) is 2.77. The summed E-state index contributed by atoms with van der Waals surface area (Å²) in [6.07, 6.45) is 5.61. The molecule has 2 nitrogen and oxygen atoms in total. The van der Waals surface area contributed by atoms with Crippen LogP contribution < -0.4 is 5.32 Å². The van der Waals surface area contributed by atoms with Crippen LogP contribution in [0.15, 0.2) is 17.5 Å². The van der Waals surface area contributed by atoms with Crippen molar-refractivity contribution in [1.82, 2.24) is 5.32 Å². The minimum atomic E-state index is 0. The lowest BCUT2D eigenvalue weighted by molar-refractivity contribution is 0.0104. The first kappa shape index (κ1) is 12.4. The Bertz CT molecular complexity index is 305. The van der Waals surface area contributed by atoms with Crippen molar-refractivity contribution in [2.24, 2.45) is 0 Å². The van der Waals surface area contributed by atoms with Gasteiger partial charge in [-0.2, -0.15) is 0 Å². The first-order valence-electron chi connectivity index (χ1n) is 5.80. The summed E-state index contributed by atoms with van der Waals surface area (Å²) in [4.78, 5) is 1.35. The highest BCUT2D eigenvalue weighted by molar-refractivity contribution is 7.09. The van der Waals surface area contributed by atoms with Crippen LogP contribution in [0.4, 0.5) is 0 Å². The molecule has 1 aromatic heterocycles. The Kier molecular flexibility index (Phi) is 4.25. The van der Waals surface area contributed by atoms with E-state index in [1.807, 2.05) is 0 Å². The number of halogens is 1. The maximum Gasteiger partial charge on any atom is 0.0813 e. The predicted molar refractivity (Wildman–Crippen MR) is 69.3 cm³/mol. The van der Waals surface area contributed by atoms with E-state index in [4.69, 9.17) is 4.74 Å². The van der Waals surface area contributed by atoms with E-state index in [0.717, 1.165) is 18.7 Å². The van der Waals surface area contributed by atoms with E-state index in [1.165, 1.54) is 30.6 Å². The molecule has 3 heterocycles. The van der Waals surface area contributed by atoms with Gasteiger partial charge in [-0.1, -0.05) is 6.07 Å². The molecule has 3 atom stereocenters. The van der Waals surface area contributed by atoms with E-state index >= 15 is 0 Å². The van der Waals surface area contributed by atoms with Gasteiger partial charge in [0.05, 0.1) is 12.7 Å². The Hall–Kier alpha value is -0.0900. The van der Waals surface area contributed by atoms with Gasteiger partial charge >= 0.3 is 0 Å². The van der Waals surface area contributed by atoms with Crippen LogP contribution in [0.25, 0.3) is 0 Å². The van der Waals surface area contributed by atoms with Crippen LogP contribution in [-0.2, 0) is 11.3 Å². The Morgan fingerprint density at radius 3 is 2.69 bits per heavy atom. The SMILES string of the molecule is Cl.c1csc(CO[C@H]2C[C@H]3CC[C@@H](C2)N3)c1. The summed E-state index contributed by atoms with van der Waals surface area (Å²) in [7, 11) is 0. The molecule has 4 heteroatoms. The van der Waals surface area contributed by atoms with Crippen LogP contribution >= 0.6 is 23.7 Å². The number of fused-ring (bicyclic) bond motifs is 2. The maximum atomic E-state index is 5.98. The van der Waals surface area contributed by atoms with Gasteiger partial charge in [0.1, 0.15) is 0 Å². The van der Waals surface area contributed by atoms with Gasteiger partial charge < -0.3 is 10.1 Å². The molecule has 2 aliphatic heterocycles. The summed E-state index contributed by atoms with van der Waals surface area (Å²) in [5.74, 6) is 0. The Morgan fingerprint density at radius 2 is 2.06 bits per heavy atom. The maximum absolute atomic E-state index is 5.98. The van der Waals surface area contributed by atoms with Gasteiger partial charge in [-0.15, -0.1) is 23.7 Å². The molecular formula is C12H18ClNOS. The van der Waals surface area contributed by atoms with Gasteiger partial charge in [-0.25, -0.2) is 0 Å². The molecule has 1 N–H and O–H groups in total. The van der Waals surface area contributed by atoms with Gasteiger partial charge in [0.2, 0.25) is 0 Å². The summed E-state index contributed by atoms with van der Waals surface area (Å²) in [6, 6.07) is 5.71. The topological polar surface area (TPSA) is 21.3 Å². The summed E-state index contributed by atoms with van der Waals surface area (Å²) >= 11 is 1.79. The number of rotatable bonds is 3. The number of ether oxygens (including phenoxy) is 1. The third-order valence-corrected chi connectivity index (χ3v) is 4.32. The number of hydrogen-bond acceptors (Lipinski definition) is 3. The second-order valence-electron chi connectivity index (χ2n) is 4.62. The van der Waals surface area contributed by atoms with E-state index in [2.05, 4.69) is 22.8 Å². The first-order valence-corrected chi connectivity index (χ1v) is 6.68. The van der Waals surface area contributed by atoms with Crippen molar-refractivity contribution in [2.75, 3.05) is 0 Å². The zero-order valence-electron chi connectivity index (χ0n) is 9.22. The molecule has 0 radical (unpaired) electrons. The lowest BCUT2D eigenvalue weighted by Crippen LogP contribution is -2.41. The van der Waals surface area contributed by atoms with Crippen LogP contribution in [0.5, 0.6) is 0 Å². The van der Waals surface area contributed by atoms with Crippen molar-refractivity contribution < 1.29 is 4.74 Å². The van der Waals surface area contributed by atoms with Gasteiger partial charge in [0.15, 0.2) is 0 Å². The lowest BCUT2D eigenvalue weighted by atomic mass is 10.0. The van der Waals surface area contributed by atoms with Crippen LogP contribution in [0.3, 0.4) is 0 Å². The zero-order valence-corrected chi connectivity index (χ0v) is 10.9. The van der Waals surface area contributed by atoms with Crippen LogP contribution in [-0.4, -0.2) is 18.2 Å². The predicted octanol–water partition coefficient (Wildman–Crippen LogP) is 2.97. The molecular weight excluding hydrogens is 242 g/mol. The number of piperidine rings is 1. The molecule has 90 valence electrons. The standard InChI is InChI=1S/C12H17NOS.ClH/c1-2-12(15-5-1)8-14-11-6-9-3-4-10(7-11)13-9;/h1-2,5,9-11,13H,3-4,6-8H2;1H/t9-,10+,11+;. The van der Waals surface area contributed by atoms with Crippen molar-refractivity contribution in [3.8, 4) is 0 Å². The molecule has 0 aromatic carbocycles. The van der Waals surface area contributed by atoms with E-state index in [0.29, 0.717) is 6.10 Å². The van der Waals surface area contributed by atoms with Crippen molar-refractivity contribution >= 4 is 23.7 Å². The Morgan fingerprint density at radius 1 is 1.31 bits per heavy atom. The number of nitrogens with one attached hydrogen (secondary N) is 1. The fraction of sp³-hybridized carbons (Fsp3) is 0.667. The highest BCUT2D eigenvalue weighted by atomic mass is 35.5. The minimum absolute atomic E-state index is 0. The highest BCUT2D eigenvalue weighted by Crippen LogP contribution is 2.29. The molecule has 0 aliphatic carbocycles. The van der Waals surface area contributed by atoms with Crippen molar-refractivity contribution in [1.29, 1.82) is 0 Å². The quantitative estimate of drug-likeness (QED) is 0.901. The second-order valence-corrected chi connectivity index (χ2v) is 5.65. The second kappa shape index (κ2) is 5.50. The third-order valence-electron chi connectivity index (χ3n) is 3.47. The fourth-order valence-electron chi connectivity index (χ4n) is 2.74. The average molecular weight is 260 g/mol. The van der Waals surface area contributed by atoms with E-state index in [-0.39, 0.29) is 12.4 Å². The minimum Gasteiger partial charge on any atom is -0.373 e. The van der Waals surface area contributed by atoms with Gasteiger partial charge in [-0.3, -0.25) is 0 Å². The molecule has 2 fully saturated rings. The van der Waals surface area contributed by atoms with E-state index in [9.17, 15) is 0 Å². The summed E-state index contributed by atoms with van der Waals surface area (Å²) in [6.45, 7) is 0.807. The zero-order chi connectivity index (χ0) is 10.1. The lowest BCUT2D eigenvalue weighted by Gasteiger charge is -2.28. The van der Waals surface area contributed by atoms with Crippen LogP contribution in [0.2, 0.25) is 0 Å². The van der Waals surface area contributed by atoms with E-state index in [1.54, 1.807) is 11.3 Å². The summed E-state index contributed by atoms with van der Waals surface area (Å²) < 4.78 is 5.98. The van der Waals surface area contributed by atoms with Crippen LogP contribution in [0.1, 0.15) is 30.6 Å². The fourth-order valence-corrected chi connectivity index (χ4v) is 3.36. The van der Waals surface area contributed by atoms with Crippen LogP contribution in [0, 0.1) is 0 Å². The van der Waals surface area contributed by atoms with Crippen molar-refractivity contribution in [2.45, 2.75) is 50.5 Å². The van der Waals surface area contributed by atoms with Gasteiger partial charge in [0, 0.05) is 17.0 Å². The average Bonchev–Trinajstić information content (AvgIpc) is 2.86. The van der Waals surface area contributed by atoms with E-state index < -0.39 is 0 Å². The molecule has 0 spiro atoms. The molecule has 2 saturated heterocycles. The molecule has 1 aromatic rings. The highest BCUT2D eigenvalue weighted by Gasteiger charge is 2.33.